The third-order valence-electron chi connectivity index (χ3n) is 4.22. The van der Waals surface area contributed by atoms with E-state index in [1.165, 1.54) is 55.8 Å². The summed E-state index contributed by atoms with van der Waals surface area (Å²) in [5.41, 5.74) is 3.94. The average molecular weight is 276 g/mol. The molecule has 1 aromatic carbocycles. The molecular formula is C17H28N2O. The highest BCUT2D eigenvalue weighted by Gasteiger charge is 2.14. The Hall–Kier alpha value is -1.06. The van der Waals surface area contributed by atoms with E-state index in [4.69, 9.17) is 4.74 Å². The first kappa shape index (κ1) is 15.3. The molecule has 0 spiro atoms. The molecule has 0 unspecified atom stereocenters. The van der Waals surface area contributed by atoms with Crippen LogP contribution < -0.4 is 4.74 Å². The van der Waals surface area contributed by atoms with E-state index in [9.17, 15) is 0 Å². The fraction of sp³-hybridized carbons (Fsp3) is 0.647. The zero-order valence-electron chi connectivity index (χ0n) is 13.4. The molecule has 112 valence electrons. The molecule has 1 aromatic rings. The molecule has 0 amide bonds. The van der Waals surface area contributed by atoms with Gasteiger partial charge < -0.3 is 14.5 Å². The largest absolute Gasteiger partial charge is 0.496 e. The van der Waals surface area contributed by atoms with Gasteiger partial charge in [0.1, 0.15) is 5.75 Å². The van der Waals surface area contributed by atoms with E-state index >= 15 is 0 Å². The number of nitrogens with zero attached hydrogens (tertiary/aromatic N) is 2. The number of hydrogen-bond donors (Lipinski definition) is 0. The molecule has 1 aliphatic rings. The molecule has 1 heterocycles. The summed E-state index contributed by atoms with van der Waals surface area (Å²) in [5.74, 6) is 1.08. The minimum Gasteiger partial charge on any atom is -0.496 e. The van der Waals surface area contributed by atoms with Crippen LogP contribution in [-0.4, -0.2) is 56.7 Å². The second kappa shape index (κ2) is 7.09. The summed E-state index contributed by atoms with van der Waals surface area (Å²) >= 11 is 0. The predicted molar refractivity (Wildman–Crippen MR) is 84.7 cm³/mol. The van der Waals surface area contributed by atoms with Crippen molar-refractivity contribution in [3.05, 3.63) is 28.8 Å². The quantitative estimate of drug-likeness (QED) is 0.822. The molecule has 0 saturated carbocycles. The molecule has 0 bridgehead atoms. The van der Waals surface area contributed by atoms with Gasteiger partial charge in [0.2, 0.25) is 0 Å². The minimum absolute atomic E-state index is 1.08. The summed E-state index contributed by atoms with van der Waals surface area (Å²) in [6, 6.07) is 4.47. The Morgan fingerprint density at radius 3 is 2.45 bits per heavy atom. The third-order valence-corrected chi connectivity index (χ3v) is 4.22. The molecule has 0 N–H and O–H groups in total. The van der Waals surface area contributed by atoms with Gasteiger partial charge in [-0.15, -0.1) is 0 Å². The van der Waals surface area contributed by atoms with Crippen LogP contribution in [-0.2, 0) is 6.42 Å². The summed E-state index contributed by atoms with van der Waals surface area (Å²) < 4.78 is 5.57. The summed E-state index contributed by atoms with van der Waals surface area (Å²) in [7, 11) is 3.99. The second-order valence-corrected chi connectivity index (χ2v) is 6.02. The lowest BCUT2D eigenvalue weighted by atomic mass is 10.0. The number of benzene rings is 1. The number of piperazine rings is 1. The van der Waals surface area contributed by atoms with Crippen molar-refractivity contribution in [1.29, 1.82) is 0 Å². The molecule has 2 rings (SSSR count). The first-order valence-corrected chi connectivity index (χ1v) is 7.65. The van der Waals surface area contributed by atoms with Crippen molar-refractivity contribution in [3.8, 4) is 5.75 Å². The smallest absolute Gasteiger partial charge is 0.124 e. The number of rotatable bonds is 5. The summed E-state index contributed by atoms with van der Waals surface area (Å²) in [6.45, 7) is 10.3. The molecule has 1 aliphatic heterocycles. The molecular weight excluding hydrogens is 248 g/mol. The zero-order chi connectivity index (χ0) is 14.5. The van der Waals surface area contributed by atoms with Crippen LogP contribution in [0.3, 0.4) is 0 Å². The van der Waals surface area contributed by atoms with E-state index in [0.717, 1.165) is 12.2 Å². The van der Waals surface area contributed by atoms with E-state index in [1.54, 1.807) is 7.11 Å². The molecule has 3 nitrogen and oxygen atoms in total. The maximum atomic E-state index is 5.57. The molecule has 0 aromatic heterocycles. The number of aryl methyl sites for hydroxylation is 3. The van der Waals surface area contributed by atoms with Gasteiger partial charge in [0.25, 0.3) is 0 Å². The van der Waals surface area contributed by atoms with Crippen LogP contribution in [0.25, 0.3) is 0 Å². The third kappa shape index (κ3) is 3.97. The molecule has 20 heavy (non-hydrogen) atoms. The van der Waals surface area contributed by atoms with Gasteiger partial charge in [-0.1, -0.05) is 17.7 Å². The number of hydrogen-bond acceptors (Lipinski definition) is 3. The van der Waals surface area contributed by atoms with Crippen molar-refractivity contribution in [2.24, 2.45) is 0 Å². The highest BCUT2D eigenvalue weighted by Crippen LogP contribution is 2.26. The Morgan fingerprint density at radius 2 is 1.80 bits per heavy atom. The Labute approximate surface area is 123 Å². The fourth-order valence-electron chi connectivity index (χ4n) is 3.08. The van der Waals surface area contributed by atoms with Crippen LogP contribution in [0.15, 0.2) is 12.1 Å². The van der Waals surface area contributed by atoms with Crippen LogP contribution in [0, 0.1) is 13.8 Å². The molecule has 0 aliphatic carbocycles. The normalized spacial score (nSPS) is 17.4. The molecule has 1 fully saturated rings. The number of likely N-dealkylation sites (N-methyl/N-ethyl adjacent to an activating group) is 1. The Kier molecular flexibility index (Phi) is 5.44. The molecule has 0 atom stereocenters. The van der Waals surface area contributed by atoms with Crippen molar-refractivity contribution in [3.63, 3.8) is 0 Å². The van der Waals surface area contributed by atoms with Gasteiger partial charge in [0.05, 0.1) is 7.11 Å². The Bertz CT molecular complexity index is 437. The molecule has 0 radical (unpaired) electrons. The lowest BCUT2D eigenvalue weighted by Gasteiger charge is -2.32. The monoisotopic (exact) mass is 276 g/mol. The van der Waals surface area contributed by atoms with E-state index in [2.05, 4.69) is 42.8 Å². The second-order valence-electron chi connectivity index (χ2n) is 6.02. The van der Waals surface area contributed by atoms with E-state index in [1.807, 2.05) is 0 Å². The van der Waals surface area contributed by atoms with Gasteiger partial charge in [-0.05, 0) is 51.4 Å². The van der Waals surface area contributed by atoms with E-state index in [-0.39, 0.29) is 0 Å². The van der Waals surface area contributed by atoms with Crippen LogP contribution in [0.5, 0.6) is 5.75 Å². The van der Waals surface area contributed by atoms with Crippen LogP contribution in [0.2, 0.25) is 0 Å². The van der Waals surface area contributed by atoms with Gasteiger partial charge in [-0.3, -0.25) is 0 Å². The summed E-state index contributed by atoms with van der Waals surface area (Å²) in [5, 5.41) is 0. The van der Waals surface area contributed by atoms with Crippen molar-refractivity contribution < 1.29 is 4.74 Å². The first-order chi connectivity index (χ1) is 9.60. The Balaban J connectivity index is 1.87. The maximum absolute atomic E-state index is 5.57. The van der Waals surface area contributed by atoms with Crippen molar-refractivity contribution in [2.45, 2.75) is 26.7 Å². The van der Waals surface area contributed by atoms with Crippen LogP contribution in [0.1, 0.15) is 23.1 Å². The number of ether oxygens (including phenoxy) is 1. The minimum atomic E-state index is 1.08. The van der Waals surface area contributed by atoms with Crippen molar-refractivity contribution in [1.82, 2.24) is 9.80 Å². The first-order valence-electron chi connectivity index (χ1n) is 7.65. The van der Waals surface area contributed by atoms with Crippen LogP contribution in [0.4, 0.5) is 0 Å². The number of methoxy groups -OCH3 is 1. The SMILES string of the molecule is COc1c(C)cc(C)cc1CCCN1CCN(C)CC1. The van der Waals surface area contributed by atoms with Gasteiger partial charge in [-0.2, -0.15) is 0 Å². The highest BCUT2D eigenvalue weighted by atomic mass is 16.5. The van der Waals surface area contributed by atoms with Crippen molar-refractivity contribution in [2.75, 3.05) is 46.9 Å². The maximum Gasteiger partial charge on any atom is 0.124 e. The Morgan fingerprint density at radius 1 is 1.10 bits per heavy atom. The fourth-order valence-corrected chi connectivity index (χ4v) is 3.08. The van der Waals surface area contributed by atoms with Gasteiger partial charge in [0.15, 0.2) is 0 Å². The predicted octanol–water partition coefficient (Wildman–Crippen LogP) is 2.49. The van der Waals surface area contributed by atoms with Gasteiger partial charge in [-0.25, -0.2) is 0 Å². The van der Waals surface area contributed by atoms with Crippen molar-refractivity contribution >= 4 is 0 Å². The molecule has 1 saturated heterocycles. The lowest BCUT2D eigenvalue weighted by Crippen LogP contribution is -2.44. The zero-order valence-corrected chi connectivity index (χ0v) is 13.4. The van der Waals surface area contributed by atoms with Crippen LogP contribution >= 0.6 is 0 Å². The van der Waals surface area contributed by atoms with E-state index < -0.39 is 0 Å². The van der Waals surface area contributed by atoms with E-state index in [0.29, 0.717) is 0 Å². The van der Waals surface area contributed by atoms with Gasteiger partial charge in [0, 0.05) is 26.2 Å². The highest BCUT2D eigenvalue weighted by molar-refractivity contribution is 5.43. The average Bonchev–Trinajstić information content (AvgIpc) is 2.40. The molecule has 3 heteroatoms. The standard InChI is InChI=1S/C17H28N2O/c1-14-12-15(2)17(20-4)16(13-14)6-5-7-19-10-8-18(3)9-11-19/h12-13H,5-11H2,1-4H3. The summed E-state index contributed by atoms with van der Waals surface area (Å²) in [4.78, 5) is 4.98. The lowest BCUT2D eigenvalue weighted by molar-refractivity contribution is 0.153. The topological polar surface area (TPSA) is 15.7 Å². The van der Waals surface area contributed by atoms with Gasteiger partial charge >= 0.3 is 0 Å². The summed E-state index contributed by atoms with van der Waals surface area (Å²) in [6.07, 6.45) is 2.32.